The van der Waals surface area contributed by atoms with Crippen molar-refractivity contribution in [3.05, 3.63) is 54.1 Å². The van der Waals surface area contributed by atoms with Crippen molar-refractivity contribution >= 4 is 23.6 Å². The number of benzene rings is 2. The quantitative estimate of drug-likeness (QED) is 0.634. The summed E-state index contributed by atoms with van der Waals surface area (Å²) in [4.78, 5) is 27.2. The van der Waals surface area contributed by atoms with E-state index in [1.165, 1.54) is 11.8 Å². The molecule has 0 bridgehead atoms. The van der Waals surface area contributed by atoms with E-state index in [1.54, 1.807) is 24.2 Å². The second-order valence-electron chi connectivity index (χ2n) is 7.55. The molecule has 30 heavy (non-hydrogen) atoms. The monoisotopic (exact) mass is 426 g/mol. The van der Waals surface area contributed by atoms with Crippen molar-refractivity contribution in [1.29, 1.82) is 0 Å². The maximum absolute atomic E-state index is 13.4. The third-order valence-electron chi connectivity index (χ3n) is 5.76. The first-order valence-corrected chi connectivity index (χ1v) is 11.1. The van der Waals surface area contributed by atoms with Crippen LogP contribution in [0.25, 0.3) is 0 Å². The topological polar surface area (TPSA) is 59.1 Å². The number of hydrazine groups is 1. The lowest BCUT2D eigenvalue weighted by Gasteiger charge is -2.31. The van der Waals surface area contributed by atoms with Gasteiger partial charge in [0.1, 0.15) is 0 Å². The molecule has 1 aliphatic carbocycles. The molecule has 0 aromatic heterocycles. The first-order chi connectivity index (χ1) is 14.6. The summed E-state index contributed by atoms with van der Waals surface area (Å²) >= 11 is 1.43. The maximum Gasteiger partial charge on any atom is 0.251 e. The summed E-state index contributed by atoms with van der Waals surface area (Å²) in [6.07, 6.45) is 2.49. The van der Waals surface area contributed by atoms with Gasteiger partial charge in [-0.3, -0.25) is 19.6 Å². The van der Waals surface area contributed by atoms with Crippen LogP contribution in [0.3, 0.4) is 0 Å². The average Bonchev–Trinajstić information content (AvgIpc) is 3.46. The largest absolute Gasteiger partial charge is 0.493 e. The van der Waals surface area contributed by atoms with E-state index in [-0.39, 0.29) is 17.6 Å². The predicted octanol–water partition coefficient (Wildman–Crippen LogP) is 3.50. The summed E-state index contributed by atoms with van der Waals surface area (Å²) in [7, 11) is 3.18. The number of hydrogen-bond acceptors (Lipinski definition) is 5. The number of carbonyl (C=O) groups excluding carboxylic acids is 2. The Morgan fingerprint density at radius 2 is 1.67 bits per heavy atom. The van der Waals surface area contributed by atoms with Gasteiger partial charge in [0.15, 0.2) is 11.5 Å². The van der Waals surface area contributed by atoms with Gasteiger partial charge in [-0.05, 0) is 43.0 Å². The number of ether oxygens (including phenoxy) is 2. The highest BCUT2D eigenvalue weighted by molar-refractivity contribution is 8.00. The van der Waals surface area contributed by atoms with Gasteiger partial charge < -0.3 is 9.47 Å². The Morgan fingerprint density at radius 3 is 2.33 bits per heavy atom. The van der Waals surface area contributed by atoms with Crippen molar-refractivity contribution in [2.75, 3.05) is 33.1 Å². The lowest BCUT2D eigenvalue weighted by Crippen LogP contribution is -2.49. The van der Waals surface area contributed by atoms with E-state index in [9.17, 15) is 9.59 Å². The summed E-state index contributed by atoms with van der Waals surface area (Å²) in [5.74, 6) is 1.55. The van der Waals surface area contributed by atoms with E-state index in [2.05, 4.69) is 0 Å². The van der Waals surface area contributed by atoms with Gasteiger partial charge >= 0.3 is 0 Å². The minimum Gasteiger partial charge on any atom is -0.493 e. The first-order valence-electron chi connectivity index (χ1n) is 10.1. The highest BCUT2D eigenvalue weighted by Crippen LogP contribution is 2.50. The molecule has 1 heterocycles. The molecular formula is C23H26N2O4S. The molecule has 2 aromatic carbocycles. The van der Waals surface area contributed by atoms with Gasteiger partial charge in [-0.2, -0.15) is 0 Å². The van der Waals surface area contributed by atoms with Crippen molar-refractivity contribution in [2.24, 2.45) is 0 Å². The van der Waals surface area contributed by atoms with Gasteiger partial charge in [-0.25, -0.2) is 0 Å². The smallest absolute Gasteiger partial charge is 0.251 e. The first kappa shape index (κ1) is 20.6. The Balaban J connectivity index is 1.42. The third kappa shape index (κ3) is 3.86. The Kier molecular flexibility index (Phi) is 5.90. The number of amides is 2. The summed E-state index contributed by atoms with van der Waals surface area (Å²) in [6, 6.07) is 15.5. The zero-order valence-electron chi connectivity index (χ0n) is 17.3. The van der Waals surface area contributed by atoms with Crippen LogP contribution in [0.5, 0.6) is 11.5 Å². The van der Waals surface area contributed by atoms with Crippen LogP contribution >= 0.6 is 11.8 Å². The molecule has 1 aliphatic heterocycles. The van der Waals surface area contributed by atoms with E-state index in [1.807, 2.05) is 48.5 Å². The van der Waals surface area contributed by atoms with Crippen molar-refractivity contribution in [3.63, 3.8) is 0 Å². The molecule has 0 atom stereocenters. The number of methoxy groups -OCH3 is 2. The second kappa shape index (κ2) is 8.60. The zero-order valence-corrected chi connectivity index (χ0v) is 18.1. The van der Waals surface area contributed by atoms with Gasteiger partial charge in [0, 0.05) is 18.0 Å². The molecule has 7 heteroatoms. The summed E-state index contributed by atoms with van der Waals surface area (Å²) < 4.78 is 10.6. The van der Waals surface area contributed by atoms with Gasteiger partial charge in [-0.1, -0.05) is 30.3 Å². The SMILES string of the molecule is COc1ccc(SCC(=O)N2CCCN2C(=O)C2(c3ccccc3)CC2)cc1OC. The molecule has 2 aliphatic rings. The molecular weight excluding hydrogens is 400 g/mol. The molecule has 0 radical (unpaired) electrons. The van der Waals surface area contributed by atoms with Crippen LogP contribution < -0.4 is 9.47 Å². The van der Waals surface area contributed by atoms with E-state index in [4.69, 9.17) is 9.47 Å². The molecule has 6 nitrogen and oxygen atoms in total. The van der Waals surface area contributed by atoms with Crippen molar-refractivity contribution in [3.8, 4) is 11.5 Å². The van der Waals surface area contributed by atoms with E-state index >= 15 is 0 Å². The van der Waals surface area contributed by atoms with Crippen LogP contribution in [0.1, 0.15) is 24.8 Å². The standard InChI is InChI=1S/C23H26N2O4S/c1-28-19-10-9-18(15-20(19)29-2)30-16-21(26)24-13-6-14-25(24)22(27)23(11-12-23)17-7-4-3-5-8-17/h3-5,7-10,15H,6,11-14,16H2,1-2H3. The molecule has 4 rings (SSSR count). The number of rotatable bonds is 7. The molecule has 1 saturated heterocycles. The van der Waals surface area contributed by atoms with Crippen LogP contribution in [0, 0.1) is 0 Å². The van der Waals surface area contributed by atoms with E-state index in [0.29, 0.717) is 24.6 Å². The van der Waals surface area contributed by atoms with Gasteiger partial charge in [0.25, 0.3) is 11.8 Å². The lowest BCUT2D eigenvalue weighted by molar-refractivity contribution is -0.158. The van der Waals surface area contributed by atoms with Crippen LogP contribution in [0.4, 0.5) is 0 Å². The molecule has 0 unspecified atom stereocenters. The number of thioether (sulfide) groups is 1. The van der Waals surface area contributed by atoms with Crippen LogP contribution in [0.2, 0.25) is 0 Å². The second-order valence-corrected chi connectivity index (χ2v) is 8.60. The fourth-order valence-electron chi connectivity index (χ4n) is 3.96. The number of hydrogen-bond donors (Lipinski definition) is 0. The Bertz CT molecular complexity index is 930. The molecule has 0 N–H and O–H groups in total. The van der Waals surface area contributed by atoms with Gasteiger partial charge in [0.2, 0.25) is 0 Å². The molecule has 2 fully saturated rings. The van der Waals surface area contributed by atoms with E-state index in [0.717, 1.165) is 29.7 Å². The van der Waals surface area contributed by atoms with Crippen molar-refractivity contribution in [2.45, 2.75) is 29.6 Å². The van der Waals surface area contributed by atoms with Crippen LogP contribution in [-0.2, 0) is 15.0 Å². The van der Waals surface area contributed by atoms with Crippen molar-refractivity contribution < 1.29 is 19.1 Å². The minimum atomic E-state index is -0.458. The maximum atomic E-state index is 13.4. The fraction of sp³-hybridized carbons (Fsp3) is 0.391. The molecule has 0 spiro atoms. The molecule has 2 aromatic rings. The Labute approximate surface area is 181 Å². The molecule has 158 valence electrons. The summed E-state index contributed by atoms with van der Waals surface area (Å²) in [5, 5.41) is 3.32. The lowest BCUT2D eigenvalue weighted by atomic mass is 9.95. The van der Waals surface area contributed by atoms with Gasteiger partial charge in [-0.15, -0.1) is 11.8 Å². The molecule has 2 amide bonds. The Morgan fingerprint density at radius 1 is 0.967 bits per heavy atom. The summed E-state index contributed by atoms with van der Waals surface area (Å²) in [6.45, 7) is 1.18. The van der Waals surface area contributed by atoms with Crippen LogP contribution in [0.15, 0.2) is 53.4 Å². The van der Waals surface area contributed by atoms with Gasteiger partial charge in [0.05, 0.1) is 25.4 Å². The highest BCUT2D eigenvalue weighted by Gasteiger charge is 2.54. The summed E-state index contributed by atoms with van der Waals surface area (Å²) in [5.41, 5.74) is 0.592. The predicted molar refractivity (Wildman–Crippen MR) is 116 cm³/mol. The third-order valence-corrected chi connectivity index (χ3v) is 6.74. The van der Waals surface area contributed by atoms with Crippen LogP contribution in [-0.4, -0.2) is 54.9 Å². The normalized spacial score (nSPS) is 17.0. The Hall–Kier alpha value is -2.67. The fourth-order valence-corrected chi connectivity index (χ4v) is 4.76. The van der Waals surface area contributed by atoms with Crippen molar-refractivity contribution in [1.82, 2.24) is 10.0 Å². The van der Waals surface area contributed by atoms with E-state index < -0.39 is 5.41 Å². The highest BCUT2D eigenvalue weighted by atomic mass is 32.2. The minimum absolute atomic E-state index is 0.0514. The average molecular weight is 427 g/mol. The molecule has 1 saturated carbocycles. The number of carbonyl (C=O) groups is 2. The number of nitrogens with zero attached hydrogens (tertiary/aromatic N) is 2. The zero-order chi connectivity index (χ0) is 21.1.